The number of nitrogens with zero attached hydrogens (tertiary/aromatic N) is 1. The van der Waals surface area contributed by atoms with Crippen LogP contribution in [0.1, 0.15) is 22.3 Å². The molecule has 3 aromatic carbocycles. The molecule has 0 aliphatic rings. The maximum atomic E-state index is 12.8. The summed E-state index contributed by atoms with van der Waals surface area (Å²) < 4.78 is 0. The molecule has 0 spiro atoms. The van der Waals surface area contributed by atoms with Crippen LogP contribution in [0.3, 0.4) is 0 Å². The van der Waals surface area contributed by atoms with Crippen molar-refractivity contribution in [3.05, 3.63) is 107 Å². The van der Waals surface area contributed by atoms with Gasteiger partial charge >= 0.3 is 0 Å². The van der Waals surface area contributed by atoms with Gasteiger partial charge < -0.3 is 5.11 Å². The molecule has 0 bridgehead atoms. The third-order valence-corrected chi connectivity index (χ3v) is 4.17. The number of nitrogens with one attached hydrogen (secondary N) is 1. The summed E-state index contributed by atoms with van der Waals surface area (Å²) in [5.74, 6) is -0.613. The van der Waals surface area contributed by atoms with Gasteiger partial charge in [-0.15, -0.1) is 0 Å². The van der Waals surface area contributed by atoms with E-state index in [9.17, 15) is 9.90 Å². The third-order valence-electron chi connectivity index (χ3n) is 4.17. The van der Waals surface area contributed by atoms with Crippen molar-refractivity contribution in [2.45, 2.75) is 12.5 Å². The van der Waals surface area contributed by atoms with Gasteiger partial charge in [-0.05, 0) is 23.6 Å². The molecule has 0 fully saturated rings. The summed E-state index contributed by atoms with van der Waals surface area (Å²) >= 11 is 0. The van der Waals surface area contributed by atoms with Crippen LogP contribution in [-0.2, 0) is 10.4 Å². The van der Waals surface area contributed by atoms with Crippen LogP contribution in [0.15, 0.2) is 90.0 Å². The van der Waals surface area contributed by atoms with E-state index in [1.165, 1.54) is 0 Å². The van der Waals surface area contributed by atoms with Crippen LogP contribution < -0.4 is 5.43 Å². The minimum absolute atomic E-state index is 0.481. The summed E-state index contributed by atoms with van der Waals surface area (Å²) in [7, 11) is 0. The summed E-state index contributed by atoms with van der Waals surface area (Å²) in [5.41, 5.74) is 3.61. The van der Waals surface area contributed by atoms with E-state index in [1.54, 1.807) is 54.7 Å². The maximum absolute atomic E-state index is 12.8. The van der Waals surface area contributed by atoms with Crippen LogP contribution in [-0.4, -0.2) is 17.2 Å². The van der Waals surface area contributed by atoms with E-state index in [2.05, 4.69) is 10.5 Å². The smallest absolute Gasteiger partial charge is 0.281 e. The zero-order chi connectivity index (χ0) is 18.4. The average molecular weight is 344 g/mol. The van der Waals surface area contributed by atoms with Crippen molar-refractivity contribution in [1.29, 1.82) is 0 Å². The van der Waals surface area contributed by atoms with Crippen molar-refractivity contribution in [2.75, 3.05) is 0 Å². The molecule has 0 radical (unpaired) electrons. The number of hydrogen-bond acceptors (Lipinski definition) is 3. The fourth-order valence-corrected chi connectivity index (χ4v) is 2.69. The molecule has 0 saturated carbocycles. The molecule has 0 heterocycles. The number of hydrazone groups is 1. The summed E-state index contributed by atoms with van der Waals surface area (Å²) in [6, 6.07) is 25.4. The molecule has 0 saturated heterocycles. The van der Waals surface area contributed by atoms with Crippen molar-refractivity contribution >= 4 is 12.1 Å². The third kappa shape index (κ3) is 3.71. The van der Waals surface area contributed by atoms with E-state index >= 15 is 0 Å². The monoisotopic (exact) mass is 344 g/mol. The first kappa shape index (κ1) is 17.6. The SMILES string of the molecule is Cc1ccc(/C=N\NC(=O)C(O)(c2ccccc2)c2ccccc2)cc1. The lowest BCUT2D eigenvalue weighted by Gasteiger charge is -2.27. The van der Waals surface area contributed by atoms with Crippen molar-refractivity contribution < 1.29 is 9.90 Å². The molecule has 3 aromatic rings. The lowest BCUT2D eigenvalue weighted by atomic mass is 9.85. The van der Waals surface area contributed by atoms with Crippen LogP contribution in [0.4, 0.5) is 0 Å². The molecule has 3 rings (SSSR count). The number of carbonyl (C=O) groups excluding carboxylic acids is 1. The van der Waals surface area contributed by atoms with E-state index in [4.69, 9.17) is 0 Å². The summed E-state index contributed by atoms with van der Waals surface area (Å²) in [5, 5.41) is 15.3. The number of carbonyl (C=O) groups is 1. The van der Waals surface area contributed by atoms with Gasteiger partial charge in [0.2, 0.25) is 0 Å². The summed E-state index contributed by atoms with van der Waals surface area (Å²) in [4.78, 5) is 12.8. The Morgan fingerprint density at radius 3 is 1.88 bits per heavy atom. The van der Waals surface area contributed by atoms with Crippen LogP contribution in [0.2, 0.25) is 0 Å². The molecule has 0 aromatic heterocycles. The van der Waals surface area contributed by atoms with Gasteiger partial charge in [0.25, 0.3) is 5.91 Å². The maximum Gasteiger partial charge on any atom is 0.281 e. The molecule has 0 unspecified atom stereocenters. The predicted molar refractivity (Wildman–Crippen MR) is 103 cm³/mol. The van der Waals surface area contributed by atoms with Crippen LogP contribution in [0, 0.1) is 6.92 Å². The van der Waals surface area contributed by atoms with Gasteiger partial charge in [0.1, 0.15) is 0 Å². The molecule has 1 amide bonds. The van der Waals surface area contributed by atoms with Gasteiger partial charge in [0, 0.05) is 0 Å². The van der Waals surface area contributed by atoms with Crippen molar-refractivity contribution in [1.82, 2.24) is 5.43 Å². The first-order chi connectivity index (χ1) is 12.6. The Kier molecular flexibility index (Phi) is 5.25. The first-order valence-corrected chi connectivity index (χ1v) is 8.34. The van der Waals surface area contributed by atoms with E-state index in [1.807, 2.05) is 43.3 Å². The van der Waals surface area contributed by atoms with E-state index in [0.29, 0.717) is 11.1 Å². The number of hydrogen-bond donors (Lipinski definition) is 2. The van der Waals surface area contributed by atoms with E-state index in [-0.39, 0.29) is 0 Å². The van der Waals surface area contributed by atoms with Crippen LogP contribution in [0.25, 0.3) is 0 Å². The van der Waals surface area contributed by atoms with Gasteiger partial charge in [0.05, 0.1) is 6.21 Å². The average Bonchev–Trinajstić information content (AvgIpc) is 2.70. The van der Waals surface area contributed by atoms with Gasteiger partial charge in [-0.3, -0.25) is 4.79 Å². The Morgan fingerprint density at radius 1 is 0.885 bits per heavy atom. The highest BCUT2D eigenvalue weighted by molar-refractivity contribution is 5.91. The highest BCUT2D eigenvalue weighted by Gasteiger charge is 2.39. The normalized spacial score (nSPS) is 11.5. The molecule has 130 valence electrons. The topological polar surface area (TPSA) is 61.7 Å². The number of aliphatic hydroxyl groups is 1. The molecular weight excluding hydrogens is 324 g/mol. The Hall–Kier alpha value is -3.24. The fraction of sp³-hybridized carbons (Fsp3) is 0.0909. The lowest BCUT2D eigenvalue weighted by Crippen LogP contribution is -2.43. The quantitative estimate of drug-likeness (QED) is 0.550. The fourth-order valence-electron chi connectivity index (χ4n) is 2.69. The second-order valence-corrected chi connectivity index (χ2v) is 6.05. The lowest BCUT2D eigenvalue weighted by molar-refractivity contribution is -0.136. The van der Waals surface area contributed by atoms with Crippen molar-refractivity contribution in [3.8, 4) is 0 Å². The Labute approximate surface area is 152 Å². The standard InChI is InChI=1S/C22H20N2O2/c1-17-12-14-18(15-13-17)16-23-24-21(25)22(26,19-8-4-2-5-9-19)20-10-6-3-7-11-20/h2-16,26H,1H3,(H,24,25)/b23-16-. The minimum atomic E-state index is -1.83. The van der Waals surface area contributed by atoms with Crippen LogP contribution >= 0.6 is 0 Å². The summed E-state index contributed by atoms with van der Waals surface area (Å²) in [6.07, 6.45) is 1.55. The number of aryl methyl sites for hydroxylation is 1. The second-order valence-electron chi connectivity index (χ2n) is 6.05. The van der Waals surface area contributed by atoms with E-state index in [0.717, 1.165) is 11.1 Å². The molecule has 0 aliphatic heterocycles. The minimum Gasteiger partial charge on any atom is -0.372 e. The largest absolute Gasteiger partial charge is 0.372 e. The van der Waals surface area contributed by atoms with Gasteiger partial charge in [0.15, 0.2) is 5.60 Å². The Bertz CT molecular complexity index is 849. The molecular formula is C22H20N2O2. The Balaban J connectivity index is 1.87. The summed E-state index contributed by atoms with van der Waals surface area (Å²) in [6.45, 7) is 2.00. The van der Waals surface area contributed by atoms with Gasteiger partial charge in [-0.1, -0.05) is 90.5 Å². The van der Waals surface area contributed by atoms with Gasteiger partial charge in [-0.2, -0.15) is 5.10 Å². The zero-order valence-electron chi connectivity index (χ0n) is 14.5. The molecule has 4 heteroatoms. The number of amides is 1. The van der Waals surface area contributed by atoms with Crippen molar-refractivity contribution in [2.24, 2.45) is 5.10 Å². The van der Waals surface area contributed by atoms with Crippen molar-refractivity contribution in [3.63, 3.8) is 0 Å². The van der Waals surface area contributed by atoms with Gasteiger partial charge in [-0.25, -0.2) is 5.43 Å². The molecule has 26 heavy (non-hydrogen) atoms. The predicted octanol–water partition coefficient (Wildman–Crippen LogP) is 3.38. The van der Waals surface area contributed by atoms with Crippen LogP contribution in [0.5, 0.6) is 0 Å². The Morgan fingerprint density at radius 2 is 1.38 bits per heavy atom. The van der Waals surface area contributed by atoms with E-state index < -0.39 is 11.5 Å². The highest BCUT2D eigenvalue weighted by atomic mass is 16.3. The number of benzene rings is 3. The number of rotatable bonds is 5. The second kappa shape index (κ2) is 7.76. The highest BCUT2D eigenvalue weighted by Crippen LogP contribution is 2.29. The molecule has 0 aliphatic carbocycles. The molecule has 2 N–H and O–H groups in total. The molecule has 4 nitrogen and oxygen atoms in total. The zero-order valence-corrected chi connectivity index (χ0v) is 14.5. The first-order valence-electron chi connectivity index (χ1n) is 8.34. The molecule has 0 atom stereocenters.